The third-order valence-corrected chi connectivity index (χ3v) is 6.20. The molecular weight excluding hydrogens is 476 g/mol. The number of nitrogens with one attached hydrogen (secondary N) is 1. The average Bonchev–Trinajstić information content (AvgIpc) is 2.85. The summed E-state index contributed by atoms with van der Waals surface area (Å²) in [5.41, 5.74) is 6.13. The lowest BCUT2D eigenvalue weighted by molar-refractivity contribution is -0.111. The number of pyridine rings is 1. The summed E-state index contributed by atoms with van der Waals surface area (Å²) in [7, 11) is 1.46. The van der Waals surface area contributed by atoms with Crippen LogP contribution in [-0.2, 0) is 11.2 Å². The highest BCUT2D eigenvalue weighted by molar-refractivity contribution is 6.34. The molecule has 0 atom stereocenters. The molecule has 0 unspecified atom stereocenters. The van der Waals surface area contributed by atoms with E-state index in [0.29, 0.717) is 27.7 Å². The number of fused-ring (bicyclic) bond motifs is 1. The lowest BCUT2D eigenvalue weighted by Crippen LogP contribution is -2.14. The molecule has 3 aromatic carbocycles. The van der Waals surface area contributed by atoms with Gasteiger partial charge in [0.2, 0.25) is 5.91 Å². The summed E-state index contributed by atoms with van der Waals surface area (Å²) in [5.74, 6) is -0.0433. The van der Waals surface area contributed by atoms with Gasteiger partial charge in [-0.15, -0.1) is 0 Å². The van der Waals surface area contributed by atoms with E-state index in [-0.39, 0.29) is 24.7 Å². The lowest BCUT2D eigenvalue weighted by atomic mass is 9.94. The molecule has 0 aliphatic carbocycles. The Bertz CT molecular complexity index is 1480. The first kappa shape index (κ1) is 25.2. The Hall–Kier alpha value is -3.87. The Morgan fingerprint density at radius 1 is 1.14 bits per heavy atom. The number of amides is 1. The van der Waals surface area contributed by atoms with Crippen LogP contribution in [0.5, 0.6) is 11.5 Å². The van der Waals surface area contributed by atoms with Crippen molar-refractivity contribution in [2.45, 2.75) is 20.3 Å². The monoisotopic (exact) mass is 502 g/mol. The maximum Gasteiger partial charge on any atom is 0.248 e. The highest BCUT2D eigenvalue weighted by Crippen LogP contribution is 2.41. The van der Waals surface area contributed by atoms with Crippen molar-refractivity contribution < 1.29 is 19.7 Å². The number of ether oxygens (including phenoxy) is 1. The standard InChI is InChI=1S/C29H27ClN2O4/c1-17-14-18(2)28-21(15-17)27(20-6-4-5-7-22(20)30)29(23(31-28)12-13-33)32-26(35)11-9-19-8-10-24(34)25(16-19)36-3/h4-11,14-16,33-34H,12-13H2,1-3H3,(H,32,35). The number of carbonyl (C=O) groups excluding carboxylic acids is 1. The molecule has 184 valence electrons. The molecule has 1 aromatic heterocycles. The van der Waals surface area contributed by atoms with Crippen LogP contribution in [0.4, 0.5) is 5.69 Å². The number of aliphatic hydroxyl groups excluding tert-OH is 1. The van der Waals surface area contributed by atoms with Crippen LogP contribution in [0.15, 0.2) is 60.7 Å². The van der Waals surface area contributed by atoms with Gasteiger partial charge in [0.15, 0.2) is 11.5 Å². The van der Waals surface area contributed by atoms with Crippen LogP contribution < -0.4 is 10.1 Å². The number of aryl methyl sites for hydroxylation is 2. The summed E-state index contributed by atoms with van der Waals surface area (Å²) in [6.07, 6.45) is 3.28. The van der Waals surface area contributed by atoms with Gasteiger partial charge < -0.3 is 20.3 Å². The molecule has 4 rings (SSSR count). The molecule has 4 aromatic rings. The number of carbonyl (C=O) groups is 1. The molecule has 0 spiro atoms. The van der Waals surface area contributed by atoms with Crippen LogP contribution in [0.2, 0.25) is 5.02 Å². The van der Waals surface area contributed by atoms with Gasteiger partial charge in [0.25, 0.3) is 0 Å². The first-order chi connectivity index (χ1) is 17.3. The van der Waals surface area contributed by atoms with Crippen LogP contribution in [0.1, 0.15) is 22.4 Å². The number of rotatable bonds is 7. The van der Waals surface area contributed by atoms with E-state index < -0.39 is 0 Å². The predicted octanol–water partition coefficient (Wildman–Crippen LogP) is 6.07. The van der Waals surface area contributed by atoms with E-state index >= 15 is 0 Å². The SMILES string of the molecule is COc1cc(C=CC(=O)Nc2c(CCO)nc3c(C)cc(C)cc3c2-c2ccccc2Cl)ccc1O. The van der Waals surface area contributed by atoms with Crippen molar-refractivity contribution in [3.63, 3.8) is 0 Å². The second-order valence-corrected chi connectivity index (χ2v) is 8.90. The summed E-state index contributed by atoms with van der Waals surface area (Å²) < 4.78 is 5.14. The lowest BCUT2D eigenvalue weighted by Gasteiger charge is -2.19. The fraction of sp³-hybridized carbons (Fsp3) is 0.172. The second-order valence-electron chi connectivity index (χ2n) is 8.49. The molecule has 0 fully saturated rings. The van der Waals surface area contributed by atoms with E-state index in [1.54, 1.807) is 24.3 Å². The van der Waals surface area contributed by atoms with E-state index in [9.17, 15) is 15.0 Å². The molecule has 0 saturated carbocycles. The van der Waals surface area contributed by atoms with Crippen molar-refractivity contribution in [2.75, 3.05) is 19.0 Å². The molecule has 1 amide bonds. The average molecular weight is 503 g/mol. The third kappa shape index (κ3) is 5.20. The summed E-state index contributed by atoms with van der Waals surface area (Å²) in [5, 5.41) is 24.0. The van der Waals surface area contributed by atoms with Crippen molar-refractivity contribution in [1.29, 1.82) is 0 Å². The van der Waals surface area contributed by atoms with Gasteiger partial charge in [0.1, 0.15) is 0 Å². The Kier molecular flexibility index (Phi) is 7.58. The van der Waals surface area contributed by atoms with Gasteiger partial charge in [-0.05, 0) is 55.3 Å². The number of methoxy groups -OCH3 is 1. The molecule has 0 aliphatic rings. The van der Waals surface area contributed by atoms with E-state index in [1.807, 2.05) is 38.1 Å². The summed E-state index contributed by atoms with van der Waals surface area (Å²) >= 11 is 6.63. The number of nitrogens with zero attached hydrogens (tertiary/aromatic N) is 1. The molecule has 1 heterocycles. The number of anilines is 1. The zero-order valence-corrected chi connectivity index (χ0v) is 21.1. The molecule has 36 heavy (non-hydrogen) atoms. The molecule has 3 N–H and O–H groups in total. The van der Waals surface area contributed by atoms with Crippen LogP contribution in [0, 0.1) is 13.8 Å². The Morgan fingerprint density at radius 2 is 1.92 bits per heavy atom. The number of aliphatic hydroxyl groups is 1. The van der Waals surface area contributed by atoms with Gasteiger partial charge >= 0.3 is 0 Å². The first-order valence-corrected chi connectivity index (χ1v) is 11.9. The molecule has 0 aliphatic heterocycles. The molecule has 0 bridgehead atoms. The maximum atomic E-state index is 13.1. The number of hydrogen-bond acceptors (Lipinski definition) is 5. The van der Waals surface area contributed by atoms with Gasteiger partial charge in [-0.2, -0.15) is 0 Å². The minimum atomic E-state index is -0.375. The number of hydrogen-bond donors (Lipinski definition) is 3. The van der Waals surface area contributed by atoms with E-state index in [1.165, 1.54) is 19.3 Å². The van der Waals surface area contributed by atoms with Gasteiger partial charge in [-0.1, -0.05) is 47.5 Å². The summed E-state index contributed by atoms with van der Waals surface area (Å²) in [6, 6.07) is 16.4. The van der Waals surface area contributed by atoms with Crippen LogP contribution in [-0.4, -0.2) is 34.8 Å². The van der Waals surface area contributed by atoms with Crippen LogP contribution in [0.25, 0.3) is 28.1 Å². The zero-order valence-electron chi connectivity index (χ0n) is 20.3. The van der Waals surface area contributed by atoms with Crippen LogP contribution >= 0.6 is 11.6 Å². The first-order valence-electron chi connectivity index (χ1n) is 11.5. The fourth-order valence-electron chi connectivity index (χ4n) is 4.27. The van der Waals surface area contributed by atoms with Crippen molar-refractivity contribution in [1.82, 2.24) is 4.98 Å². The largest absolute Gasteiger partial charge is 0.504 e. The van der Waals surface area contributed by atoms with Crippen molar-refractivity contribution in [3.05, 3.63) is 88.1 Å². The van der Waals surface area contributed by atoms with Crippen molar-refractivity contribution in [2.24, 2.45) is 0 Å². The van der Waals surface area contributed by atoms with E-state index in [0.717, 1.165) is 33.2 Å². The predicted molar refractivity (Wildman–Crippen MR) is 145 cm³/mol. The smallest absolute Gasteiger partial charge is 0.248 e. The van der Waals surface area contributed by atoms with E-state index in [4.69, 9.17) is 21.3 Å². The molecule has 6 nitrogen and oxygen atoms in total. The topological polar surface area (TPSA) is 91.7 Å². The van der Waals surface area contributed by atoms with Gasteiger partial charge in [-0.25, -0.2) is 0 Å². The fourth-order valence-corrected chi connectivity index (χ4v) is 4.50. The van der Waals surface area contributed by atoms with Crippen molar-refractivity contribution in [3.8, 4) is 22.6 Å². The van der Waals surface area contributed by atoms with Gasteiger partial charge in [0, 0.05) is 40.6 Å². The quantitative estimate of drug-likeness (QED) is 0.267. The minimum Gasteiger partial charge on any atom is -0.504 e. The Morgan fingerprint density at radius 3 is 2.64 bits per heavy atom. The van der Waals surface area contributed by atoms with Crippen molar-refractivity contribution >= 4 is 40.2 Å². The number of phenols is 1. The highest BCUT2D eigenvalue weighted by Gasteiger charge is 2.21. The number of halogens is 1. The number of phenolic OH excluding ortho intramolecular Hbond substituents is 1. The van der Waals surface area contributed by atoms with Gasteiger partial charge in [0.05, 0.1) is 24.0 Å². The molecule has 7 heteroatoms. The summed E-state index contributed by atoms with van der Waals surface area (Å²) in [4.78, 5) is 17.9. The molecule has 0 radical (unpaired) electrons. The van der Waals surface area contributed by atoms with E-state index in [2.05, 4.69) is 11.4 Å². The normalized spacial score (nSPS) is 11.2. The maximum absolute atomic E-state index is 13.1. The number of aromatic nitrogens is 1. The Balaban J connectivity index is 1.86. The molecule has 0 saturated heterocycles. The summed E-state index contributed by atoms with van der Waals surface area (Å²) in [6.45, 7) is 3.88. The van der Waals surface area contributed by atoms with Gasteiger partial charge in [-0.3, -0.25) is 9.78 Å². The Labute approximate surface area is 214 Å². The van der Waals surface area contributed by atoms with Crippen LogP contribution in [0.3, 0.4) is 0 Å². The zero-order chi connectivity index (χ0) is 25.8. The minimum absolute atomic E-state index is 0.0185. The third-order valence-electron chi connectivity index (χ3n) is 5.87. The number of aromatic hydroxyl groups is 1. The number of benzene rings is 3. The highest BCUT2D eigenvalue weighted by atomic mass is 35.5. The second kappa shape index (κ2) is 10.8. The molecular formula is C29H27ClN2O4.